The van der Waals surface area contributed by atoms with Gasteiger partial charge in [-0.25, -0.2) is 14.4 Å². The first-order valence-electron chi connectivity index (χ1n) is 9.56. The van der Waals surface area contributed by atoms with Gasteiger partial charge in [0, 0.05) is 40.2 Å². The van der Waals surface area contributed by atoms with Crippen LogP contribution in [-0.4, -0.2) is 66.5 Å². The average molecular weight is 398 g/mol. The van der Waals surface area contributed by atoms with Gasteiger partial charge in [-0.3, -0.25) is 9.59 Å². The van der Waals surface area contributed by atoms with Crippen molar-refractivity contribution in [1.82, 2.24) is 14.9 Å². The van der Waals surface area contributed by atoms with Crippen molar-refractivity contribution in [2.24, 2.45) is 0 Å². The van der Waals surface area contributed by atoms with Gasteiger partial charge in [0.05, 0.1) is 24.3 Å². The Balaban J connectivity index is 1.70. The number of aromatic nitrogens is 2. The highest BCUT2D eigenvalue weighted by molar-refractivity contribution is 5.98. The predicted octanol–water partition coefficient (Wildman–Crippen LogP) is 1.27. The highest BCUT2D eigenvalue weighted by atomic mass is 19.1. The molecule has 8 nitrogen and oxygen atoms in total. The molecule has 4 rings (SSSR count). The van der Waals surface area contributed by atoms with Crippen molar-refractivity contribution in [3.05, 3.63) is 42.0 Å². The molecule has 152 valence electrons. The Labute approximate surface area is 168 Å². The molecule has 0 aliphatic carbocycles. The summed E-state index contributed by atoms with van der Waals surface area (Å²) in [5.41, 5.74) is 1.02. The summed E-state index contributed by atoms with van der Waals surface area (Å²) < 4.78 is 14.4. The van der Waals surface area contributed by atoms with Gasteiger partial charge in [0.15, 0.2) is 0 Å². The molecule has 1 saturated heterocycles. The number of para-hydroxylation sites is 1. The number of rotatable bonds is 2. The first-order valence-corrected chi connectivity index (χ1v) is 9.56. The lowest BCUT2D eigenvalue weighted by Gasteiger charge is -2.36. The zero-order chi connectivity index (χ0) is 20.5. The third kappa shape index (κ3) is 3.59. The van der Waals surface area contributed by atoms with E-state index in [1.54, 1.807) is 42.0 Å². The average Bonchev–Trinajstić information content (AvgIpc) is 2.84. The second-order valence-corrected chi connectivity index (χ2v) is 7.28. The van der Waals surface area contributed by atoms with Crippen LogP contribution < -0.4 is 14.7 Å². The van der Waals surface area contributed by atoms with E-state index >= 15 is 0 Å². The molecule has 0 spiro atoms. The summed E-state index contributed by atoms with van der Waals surface area (Å²) in [5, 5.41) is 0. The third-order valence-electron chi connectivity index (χ3n) is 5.42. The zero-order valence-electron chi connectivity index (χ0n) is 16.5. The maximum Gasteiger partial charge on any atom is 0.246 e. The Morgan fingerprint density at radius 3 is 2.41 bits per heavy atom. The Kier molecular flexibility index (Phi) is 5.04. The molecule has 2 aliphatic rings. The van der Waals surface area contributed by atoms with E-state index in [0.717, 1.165) is 11.4 Å². The molecule has 0 atom stereocenters. The summed E-state index contributed by atoms with van der Waals surface area (Å²) in [6.45, 7) is 4.35. The number of hydrogen-bond acceptors (Lipinski definition) is 6. The molecule has 9 heteroatoms. The minimum atomic E-state index is -0.444. The van der Waals surface area contributed by atoms with Crippen LogP contribution in [0.5, 0.6) is 0 Å². The van der Waals surface area contributed by atoms with E-state index < -0.39 is 5.82 Å². The summed E-state index contributed by atoms with van der Waals surface area (Å²) in [4.78, 5) is 40.5. The van der Waals surface area contributed by atoms with Gasteiger partial charge in [0.1, 0.15) is 23.8 Å². The van der Waals surface area contributed by atoms with Gasteiger partial charge in [-0.15, -0.1) is 0 Å². The fourth-order valence-corrected chi connectivity index (χ4v) is 3.87. The smallest absolute Gasteiger partial charge is 0.246 e. The number of carbonyl (C=O) groups is 2. The molecule has 1 aromatic carbocycles. The lowest BCUT2D eigenvalue weighted by molar-refractivity contribution is -0.129. The quantitative estimate of drug-likeness (QED) is 0.759. The molecule has 0 N–H and O–H groups in total. The van der Waals surface area contributed by atoms with E-state index in [1.165, 1.54) is 17.3 Å². The SMILES string of the molecule is CC(=O)N1CCN(c2ncnc3c2CN(c2ccccc2F)C(=O)CN3C)CC1. The van der Waals surface area contributed by atoms with Crippen LogP contribution >= 0.6 is 0 Å². The number of amides is 2. The van der Waals surface area contributed by atoms with Gasteiger partial charge >= 0.3 is 0 Å². The van der Waals surface area contributed by atoms with E-state index in [2.05, 4.69) is 14.9 Å². The molecule has 2 aromatic rings. The van der Waals surface area contributed by atoms with Crippen LogP contribution in [0.1, 0.15) is 12.5 Å². The van der Waals surface area contributed by atoms with E-state index in [9.17, 15) is 14.0 Å². The van der Waals surface area contributed by atoms with Crippen molar-refractivity contribution in [3.63, 3.8) is 0 Å². The Morgan fingerprint density at radius 1 is 1.03 bits per heavy atom. The molecule has 0 unspecified atom stereocenters. The Bertz CT molecular complexity index is 944. The second kappa shape index (κ2) is 7.65. The van der Waals surface area contributed by atoms with Crippen LogP contribution in [0.3, 0.4) is 0 Å². The number of piperazine rings is 1. The van der Waals surface area contributed by atoms with Crippen LogP contribution in [0.15, 0.2) is 30.6 Å². The number of benzene rings is 1. The molecular weight excluding hydrogens is 375 g/mol. The summed E-state index contributed by atoms with van der Waals surface area (Å²) >= 11 is 0. The van der Waals surface area contributed by atoms with Crippen molar-refractivity contribution in [1.29, 1.82) is 0 Å². The molecule has 2 amide bonds. The summed E-state index contributed by atoms with van der Waals surface area (Å²) in [5.74, 6) is 0.794. The number of hydrogen-bond donors (Lipinski definition) is 0. The minimum absolute atomic E-state index is 0.0576. The highest BCUT2D eigenvalue weighted by Gasteiger charge is 2.31. The van der Waals surface area contributed by atoms with Crippen LogP contribution in [0.2, 0.25) is 0 Å². The molecule has 0 radical (unpaired) electrons. The molecule has 0 bridgehead atoms. The molecule has 2 aliphatic heterocycles. The van der Waals surface area contributed by atoms with E-state index in [0.29, 0.717) is 32.0 Å². The van der Waals surface area contributed by atoms with Crippen molar-refractivity contribution in [2.75, 3.05) is 54.5 Å². The minimum Gasteiger partial charge on any atom is -0.353 e. The van der Waals surface area contributed by atoms with Gasteiger partial charge in [-0.05, 0) is 12.1 Å². The molecule has 1 aromatic heterocycles. The monoisotopic (exact) mass is 398 g/mol. The van der Waals surface area contributed by atoms with Gasteiger partial charge < -0.3 is 19.6 Å². The van der Waals surface area contributed by atoms with E-state index in [-0.39, 0.29) is 30.6 Å². The van der Waals surface area contributed by atoms with Crippen molar-refractivity contribution >= 4 is 29.1 Å². The number of likely N-dealkylation sites (N-methyl/N-ethyl adjacent to an activating group) is 1. The molecule has 0 saturated carbocycles. The van der Waals surface area contributed by atoms with Crippen LogP contribution in [0.4, 0.5) is 21.7 Å². The predicted molar refractivity (Wildman–Crippen MR) is 107 cm³/mol. The van der Waals surface area contributed by atoms with Crippen LogP contribution in [0.25, 0.3) is 0 Å². The normalized spacial score (nSPS) is 17.3. The lowest BCUT2D eigenvalue weighted by atomic mass is 10.2. The number of carbonyl (C=O) groups excluding carboxylic acids is 2. The topological polar surface area (TPSA) is 72.9 Å². The number of anilines is 3. The Hall–Kier alpha value is -3.23. The van der Waals surface area contributed by atoms with Gasteiger partial charge in [-0.2, -0.15) is 0 Å². The first-order chi connectivity index (χ1) is 14.0. The Morgan fingerprint density at radius 2 is 1.72 bits per heavy atom. The highest BCUT2D eigenvalue weighted by Crippen LogP contribution is 2.32. The van der Waals surface area contributed by atoms with Gasteiger partial charge in [0.25, 0.3) is 0 Å². The van der Waals surface area contributed by atoms with Crippen LogP contribution in [-0.2, 0) is 16.1 Å². The summed E-state index contributed by atoms with van der Waals surface area (Å²) in [6.07, 6.45) is 1.49. The first kappa shape index (κ1) is 19.1. The number of fused-ring (bicyclic) bond motifs is 1. The molecular formula is C20H23FN6O2. The second-order valence-electron chi connectivity index (χ2n) is 7.28. The van der Waals surface area contributed by atoms with Crippen molar-refractivity contribution < 1.29 is 14.0 Å². The largest absolute Gasteiger partial charge is 0.353 e. The fourth-order valence-electron chi connectivity index (χ4n) is 3.87. The van der Waals surface area contributed by atoms with E-state index in [1.807, 2.05) is 0 Å². The van der Waals surface area contributed by atoms with Gasteiger partial charge in [-0.1, -0.05) is 12.1 Å². The molecule has 29 heavy (non-hydrogen) atoms. The fraction of sp³-hybridized carbons (Fsp3) is 0.400. The zero-order valence-corrected chi connectivity index (χ0v) is 16.5. The maximum absolute atomic E-state index is 14.4. The van der Waals surface area contributed by atoms with Crippen LogP contribution in [0, 0.1) is 5.82 Å². The van der Waals surface area contributed by atoms with Gasteiger partial charge in [0.2, 0.25) is 11.8 Å². The molecule has 1 fully saturated rings. The number of nitrogens with zero attached hydrogens (tertiary/aromatic N) is 6. The standard InChI is InChI=1S/C20H23FN6O2/c1-14(28)25-7-9-26(10-8-25)20-15-11-27(17-6-4-3-5-16(17)21)18(29)12-24(2)19(15)22-13-23-20/h3-6,13H,7-12H2,1-2H3. The maximum atomic E-state index is 14.4. The summed E-state index contributed by atoms with van der Waals surface area (Å²) in [7, 11) is 1.80. The third-order valence-corrected chi connectivity index (χ3v) is 5.42. The lowest BCUT2D eigenvalue weighted by Crippen LogP contribution is -2.48. The summed E-state index contributed by atoms with van der Waals surface area (Å²) in [6, 6.07) is 6.27. The van der Waals surface area contributed by atoms with Crippen molar-refractivity contribution in [3.8, 4) is 0 Å². The number of halogens is 1. The molecule has 3 heterocycles. The van der Waals surface area contributed by atoms with E-state index in [4.69, 9.17) is 0 Å². The van der Waals surface area contributed by atoms with Crippen molar-refractivity contribution in [2.45, 2.75) is 13.5 Å².